The molecule has 0 saturated carbocycles. The van der Waals surface area contributed by atoms with Crippen LogP contribution in [0.15, 0.2) is 54.7 Å². The Morgan fingerprint density at radius 1 is 0.952 bits per heavy atom. The van der Waals surface area contributed by atoms with Crippen molar-refractivity contribution in [3.8, 4) is 5.75 Å². The van der Waals surface area contributed by atoms with Crippen molar-refractivity contribution in [1.82, 2.24) is 20.1 Å². The van der Waals surface area contributed by atoms with Crippen molar-refractivity contribution in [1.29, 1.82) is 0 Å². The maximum Gasteiger partial charge on any atom is 0.260 e. The molecule has 10 nitrogen and oxygen atoms in total. The highest BCUT2D eigenvalue weighted by atomic mass is 16.5. The second-order valence-corrected chi connectivity index (χ2v) is 11.2. The molecule has 2 amide bonds. The summed E-state index contributed by atoms with van der Waals surface area (Å²) in [7, 11) is 5.31. The third-order valence-corrected chi connectivity index (χ3v) is 8.74. The van der Waals surface area contributed by atoms with Gasteiger partial charge in [0, 0.05) is 57.9 Å². The van der Waals surface area contributed by atoms with Gasteiger partial charge >= 0.3 is 0 Å². The number of likely N-dealkylation sites (tertiary alicyclic amines) is 1. The summed E-state index contributed by atoms with van der Waals surface area (Å²) in [6, 6.07) is 15.6. The van der Waals surface area contributed by atoms with E-state index in [1.165, 1.54) is 6.42 Å². The summed E-state index contributed by atoms with van der Waals surface area (Å²) < 4.78 is 5.70. The Balaban J connectivity index is 1.17. The van der Waals surface area contributed by atoms with Crippen LogP contribution >= 0.6 is 0 Å². The van der Waals surface area contributed by atoms with Crippen LogP contribution in [0.2, 0.25) is 0 Å². The van der Waals surface area contributed by atoms with E-state index in [9.17, 15) is 9.59 Å². The van der Waals surface area contributed by atoms with Crippen LogP contribution in [-0.4, -0.2) is 93.1 Å². The lowest BCUT2D eigenvalue weighted by atomic mass is 10.0. The second-order valence-electron chi connectivity index (χ2n) is 11.2. The molecule has 0 aliphatic carbocycles. The fourth-order valence-corrected chi connectivity index (χ4v) is 6.31. The van der Waals surface area contributed by atoms with Crippen LogP contribution in [0, 0.1) is 0 Å². The van der Waals surface area contributed by atoms with Crippen LogP contribution in [0.1, 0.15) is 40.0 Å². The number of carbonyl (C=O) groups excluding carboxylic acids is 2. The zero-order chi connectivity index (χ0) is 29.2. The van der Waals surface area contributed by atoms with E-state index in [2.05, 4.69) is 20.5 Å². The first-order valence-corrected chi connectivity index (χ1v) is 14.7. The van der Waals surface area contributed by atoms with Gasteiger partial charge in [-0.1, -0.05) is 12.1 Å². The number of hydrogen-bond donors (Lipinski definition) is 2. The number of methoxy groups -OCH3 is 1. The van der Waals surface area contributed by atoms with Crippen LogP contribution in [0.5, 0.6) is 5.75 Å². The highest BCUT2D eigenvalue weighted by Crippen LogP contribution is 2.40. The second kappa shape index (κ2) is 12.0. The van der Waals surface area contributed by atoms with Gasteiger partial charge in [0.2, 0.25) is 0 Å². The van der Waals surface area contributed by atoms with Crippen molar-refractivity contribution >= 4 is 40.4 Å². The van der Waals surface area contributed by atoms with Crippen molar-refractivity contribution in [2.75, 3.05) is 75.6 Å². The van der Waals surface area contributed by atoms with E-state index in [-0.39, 0.29) is 11.8 Å². The van der Waals surface area contributed by atoms with Crippen LogP contribution in [0.4, 0.5) is 28.6 Å². The molecule has 220 valence electrons. The van der Waals surface area contributed by atoms with Crippen molar-refractivity contribution < 1.29 is 14.3 Å². The lowest BCUT2D eigenvalue weighted by Gasteiger charge is -2.38. The first kappa shape index (κ1) is 28.0. The Morgan fingerprint density at radius 3 is 2.57 bits per heavy atom. The summed E-state index contributed by atoms with van der Waals surface area (Å²) in [6.07, 6.45) is 4.90. The average Bonchev–Trinajstić information content (AvgIpc) is 3.36. The Hall–Kier alpha value is -4.15. The number of piperidine rings is 1. The van der Waals surface area contributed by atoms with Gasteiger partial charge in [0.25, 0.3) is 11.8 Å². The van der Waals surface area contributed by atoms with E-state index in [0.717, 1.165) is 63.5 Å². The Labute approximate surface area is 247 Å². The van der Waals surface area contributed by atoms with E-state index >= 15 is 0 Å². The molecule has 4 heterocycles. The van der Waals surface area contributed by atoms with Crippen LogP contribution in [0.3, 0.4) is 0 Å². The molecule has 3 aromatic rings. The molecule has 2 aromatic carbocycles. The first-order chi connectivity index (χ1) is 20.4. The van der Waals surface area contributed by atoms with Gasteiger partial charge in [-0.05, 0) is 62.7 Å². The van der Waals surface area contributed by atoms with Crippen LogP contribution in [0.25, 0.3) is 0 Å². The SMILES string of the molecule is COc1cc(C(=O)N2CCC(N3CCCNCC3)CC2)ccc1Nc1cc2c(cn1)N(C)C(=O)c1ccccc1N2C. The molecule has 2 saturated heterocycles. The number of pyridine rings is 1. The third-order valence-electron chi connectivity index (χ3n) is 8.74. The number of ether oxygens (including phenoxy) is 1. The lowest BCUT2D eigenvalue weighted by molar-refractivity contribution is 0.0626. The van der Waals surface area contributed by atoms with Crippen molar-refractivity contribution in [2.45, 2.75) is 25.3 Å². The molecule has 42 heavy (non-hydrogen) atoms. The minimum atomic E-state index is -0.0795. The summed E-state index contributed by atoms with van der Waals surface area (Å²) in [4.78, 5) is 39.3. The number of anilines is 5. The number of nitrogens with one attached hydrogen (secondary N) is 2. The fourth-order valence-electron chi connectivity index (χ4n) is 6.31. The summed E-state index contributed by atoms with van der Waals surface area (Å²) in [5, 5.41) is 6.83. The molecule has 0 unspecified atom stereocenters. The maximum atomic E-state index is 13.4. The van der Waals surface area contributed by atoms with Gasteiger partial charge in [-0.2, -0.15) is 0 Å². The molecule has 0 radical (unpaired) electrons. The number of carbonyl (C=O) groups is 2. The Morgan fingerprint density at radius 2 is 1.76 bits per heavy atom. The number of amides is 2. The van der Waals surface area contributed by atoms with Crippen molar-refractivity contribution in [3.05, 3.63) is 65.9 Å². The monoisotopic (exact) mass is 569 g/mol. The number of fused-ring (bicyclic) bond motifs is 2. The number of hydrogen-bond acceptors (Lipinski definition) is 8. The van der Waals surface area contributed by atoms with Gasteiger partial charge < -0.3 is 30.1 Å². The molecule has 2 fully saturated rings. The minimum Gasteiger partial charge on any atom is -0.495 e. The Kier molecular flexibility index (Phi) is 7.99. The van der Waals surface area contributed by atoms with E-state index in [4.69, 9.17) is 4.74 Å². The van der Waals surface area contributed by atoms with E-state index < -0.39 is 0 Å². The zero-order valence-electron chi connectivity index (χ0n) is 24.6. The zero-order valence-corrected chi connectivity index (χ0v) is 24.6. The van der Waals surface area contributed by atoms with Gasteiger partial charge in [0.05, 0.1) is 41.6 Å². The van der Waals surface area contributed by atoms with Gasteiger partial charge in [-0.25, -0.2) is 4.98 Å². The minimum absolute atomic E-state index is 0.0342. The average molecular weight is 570 g/mol. The fraction of sp³-hybridized carbons (Fsp3) is 0.406. The molecule has 0 spiro atoms. The number of para-hydroxylation sites is 1. The van der Waals surface area contributed by atoms with Crippen LogP contribution in [-0.2, 0) is 0 Å². The molecule has 0 bridgehead atoms. The maximum absolute atomic E-state index is 13.4. The summed E-state index contributed by atoms with van der Waals surface area (Å²) in [5.41, 5.74) is 4.35. The third kappa shape index (κ3) is 5.39. The predicted molar refractivity (Wildman–Crippen MR) is 166 cm³/mol. The molecule has 10 heteroatoms. The quantitative estimate of drug-likeness (QED) is 0.475. The molecule has 6 rings (SSSR count). The normalized spacial score (nSPS) is 18.2. The summed E-state index contributed by atoms with van der Waals surface area (Å²) in [6.45, 7) is 5.88. The number of benzene rings is 2. The molecule has 0 atom stereocenters. The summed E-state index contributed by atoms with van der Waals surface area (Å²) in [5.74, 6) is 1.12. The first-order valence-electron chi connectivity index (χ1n) is 14.7. The molecule has 3 aliphatic rings. The van der Waals surface area contributed by atoms with Crippen LogP contribution < -0.4 is 25.2 Å². The van der Waals surface area contributed by atoms with Crippen molar-refractivity contribution in [2.24, 2.45) is 0 Å². The van der Waals surface area contributed by atoms with Gasteiger partial charge in [0.1, 0.15) is 11.6 Å². The number of rotatable bonds is 5. The van der Waals surface area contributed by atoms with Gasteiger partial charge in [-0.3, -0.25) is 14.5 Å². The van der Waals surface area contributed by atoms with Gasteiger partial charge in [0.15, 0.2) is 0 Å². The standard InChI is InChI=1S/C32H39N7O3/c1-36-26-8-5-4-7-24(26)32(41)37(2)28-21-34-30(20-27(28)36)35-25-10-9-22(19-29(25)42-3)31(40)39-16-11-23(12-17-39)38-15-6-13-33-14-18-38/h4-5,7-10,19-21,23,33H,6,11-18H2,1-3H3,(H,34,35). The molecule has 3 aliphatic heterocycles. The number of nitrogens with zero attached hydrogens (tertiary/aromatic N) is 5. The van der Waals surface area contributed by atoms with E-state index in [0.29, 0.717) is 40.1 Å². The van der Waals surface area contributed by atoms with Gasteiger partial charge in [-0.15, -0.1) is 0 Å². The van der Waals surface area contributed by atoms with E-state index in [1.54, 1.807) is 31.3 Å². The molecular weight excluding hydrogens is 530 g/mol. The molecule has 2 N–H and O–H groups in total. The van der Waals surface area contributed by atoms with E-state index in [1.807, 2.05) is 59.3 Å². The lowest BCUT2D eigenvalue weighted by Crippen LogP contribution is -2.47. The number of aromatic nitrogens is 1. The smallest absolute Gasteiger partial charge is 0.260 e. The highest BCUT2D eigenvalue weighted by molar-refractivity contribution is 6.13. The molecule has 1 aromatic heterocycles. The highest BCUT2D eigenvalue weighted by Gasteiger charge is 2.29. The molecular formula is C32H39N7O3. The Bertz CT molecular complexity index is 1460. The van der Waals surface area contributed by atoms with Crippen molar-refractivity contribution in [3.63, 3.8) is 0 Å². The summed E-state index contributed by atoms with van der Waals surface area (Å²) >= 11 is 0. The predicted octanol–water partition coefficient (Wildman–Crippen LogP) is 4.09. The largest absolute Gasteiger partial charge is 0.495 e. The topological polar surface area (TPSA) is 93.3 Å².